The zero-order chi connectivity index (χ0) is 13.4. The van der Waals surface area contributed by atoms with E-state index in [0.29, 0.717) is 12.1 Å². The molecule has 1 nitrogen and oxygen atoms in total. The Morgan fingerprint density at radius 2 is 1.29 bits per heavy atom. The van der Waals surface area contributed by atoms with Crippen LogP contribution in [0, 0.1) is 11.3 Å². The maximum Gasteiger partial charge on any atom is 0.417 e. The van der Waals surface area contributed by atoms with Crippen molar-refractivity contribution >= 4 is 15.9 Å². The standard InChI is InChI=1S/C9H2BrF6N/c10-4-1-6(8(11,12)13)5(3-17)7(2-4)9(14,15)16/h1-2H. The smallest absolute Gasteiger partial charge is 0.192 e. The lowest BCUT2D eigenvalue weighted by atomic mass is 10.0. The number of hydrogen-bond acceptors (Lipinski definition) is 1. The molecule has 0 saturated heterocycles. The van der Waals surface area contributed by atoms with Crippen LogP contribution in [0.3, 0.4) is 0 Å². The molecule has 0 radical (unpaired) electrons. The maximum atomic E-state index is 12.4. The summed E-state index contributed by atoms with van der Waals surface area (Å²) >= 11 is 2.55. The summed E-state index contributed by atoms with van der Waals surface area (Å²) < 4.78 is 74.3. The third kappa shape index (κ3) is 2.91. The van der Waals surface area contributed by atoms with Gasteiger partial charge in [0.1, 0.15) is 6.07 Å². The maximum absolute atomic E-state index is 12.4. The second-order valence-corrected chi connectivity index (χ2v) is 3.90. The van der Waals surface area contributed by atoms with E-state index in [2.05, 4.69) is 15.9 Å². The molecule has 92 valence electrons. The highest BCUT2D eigenvalue weighted by Gasteiger charge is 2.41. The molecule has 0 aliphatic heterocycles. The summed E-state index contributed by atoms with van der Waals surface area (Å²) in [5.41, 5.74) is -4.64. The molecule has 0 spiro atoms. The van der Waals surface area contributed by atoms with Crippen molar-refractivity contribution in [1.82, 2.24) is 0 Å². The van der Waals surface area contributed by atoms with E-state index < -0.39 is 33.5 Å². The number of nitrogens with zero attached hydrogens (tertiary/aromatic N) is 1. The van der Waals surface area contributed by atoms with Crippen LogP contribution in [-0.4, -0.2) is 0 Å². The van der Waals surface area contributed by atoms with Crippen molar-refractivity contribution in [2.24, 2.45) is 0 Å². The van der Waals surface area contributed by atoms with Gasteiger partial charge in [0.15, 0.2) is 0 Å². The zero-order valence-corrected chi connectivity index (χ0v) is 9.33. The van der Waals surface area contributed by atoms with Crippen LogP contribution >= 0.6 is 15.9 Å². The molecule has 1 rings (SSSR count). The largest absolute Gasteiger partial charge is 0.417 e. The van der Waals surface area contributed by atoms with Crippen LogP contribution in [0.2, 0.25) is 0 Å². The highest BCUT2D eigenvalue weighted by Crippen LogP contribution is 2.40. The van der Waals surface area contributed by atoms with Gasteiger partial charge in [-0.05, 0) is 12.1 Å². The van der Waals surface area contributed by atoms with Gasteiger partial charge in [-0.2, -0.15) is 31.6 Å². The number of halogens is 7. The van der Waals surface area contributed by atoms with Crippen LogP contribution in [0.4, 0.5) is 26.3 Å². The summed E-state index contributed by atoms with van der Waals surface area (Å²) in [6, 6.07) is 1.82. The SMILES string of the molecule is N#Cc1c(C(F)(F)F)cc(Br)cc1C(F)(F)F. The molecule has 0 amide bonds. The first kappa shape index (κ1) is 13.8. The molecular formula is C9H2BrF6N. The fourth-order valence-corrected chi connectivity index (χ4v) is 1.63. The number of nitriles is 1. The van der Waals surface area contributed by atoms with Crippen molar-refractivity contribution in [2.75, 3.05) is 0 Å². The second-order valence-electron chi connectivity index (χ2n) is 2.98. The predicted octanol–water partition coefficient (Wildman–Crippen LogP) is 4.36. The van der Waals surface area contributed by atoms with Crippen LogP contribution in [-0.2, 0) is 12.4 Å². The van der Waals surface area contributed by atoms with Gasteiger partial charge in [-0.1, -0.05) is 15.9 Å². The molecule has 8 heteroatoms. The fourth-order valence-electron chi connectivity index (χ4n) is 1.17. The van der Waals surface area contributed by atoms with Gasteiger partial charge in [0, 0.05) is 4.47 Å². The second kappa shape index (κ2) is 4.22. The van der Waals surface area contributed by atoms with Crippen molar-refractivity contribution < 1.29 is 26.3 Å². The topological polar surface area (TPSA) is 23.8 Å². The summed E-state index contributed by atoms with van der Waals surface area (Å²) in [6.07, 6.45) is -10.0. The van der Waals surface area contributed by atoms with E-state index in [-0.39, 0.29) is 0 Å². The molecule has 0 bridgehead atoms. The first-order chi connectivity index (χ1) is 7.57. The zero-order valence-electron chi connectivity index (χ0n) is 7.75. The highest BCUT2D eigenvalue weighted by molar-refractivity contribution is 9.10. The molecule has 0 unspecified atom stereocenters. The number of alkyl halides is 6. The molecule has 1 aromatic rings. The third-order valence-corrected chi connectivity index (χ3v) is 2.28. The Balaban J connectivity index is 3.66. The van der Waals surface area contributed by atoms with E-state index in [4.69, 9.17) is 5.26 Å². The van der Waals surface area contributed by atoms with Crippen molar-refractivity contribution in [3.8, 4) is 6.07 Å². The van der Waals surface area contributed by atoms with Gasteiger partial charge in [-0.25, -0.2) is 0 Å². The Labute approximate surface area is 99.8 Å². The molecule has 0 fully saturated rings. The monoisotopic (exact) mass is 317 g/mol. The average Bonchev–Trinajstić information content (AvgIpc) is 2.13. The van der Waals surface area contributed by atoms with E-state index in [1.807, 2.05) is 0 Å². The van der Waals surface area contributed by atoms with Crippen molar-refractivity contribution in [3.05, 3.63) is 33.3 Å². The van der Waals surface area contributed by atoms with Gasteiger partial charge in [0.05, 0.1) is 16.7 Å². The van der Waals surface area contributed by atoms with E-state index in [9.17, 15) is 26.3 Å². The Morgan fingerprint density at radius 1 is 0.941 bits per heavy atom. The lowest BCUT2D eigenvalue weighted by molar-refractivity contribution is -0.143. The number of hydrogen-bond donors (Lipinski definition) is 0. The van der Waals surface area contributed by atoms with Gasteiger partial charge >= 0.3 is 12.4 Å². The van der Waals surface area contributed by atoms with Crippen LogP contribution in [0.15, 0.2) is 16.6 Å². The minimum Gasteiger partial charge on any atom is -0.192 e. The Morgan fingerprint density at radius 3 is 1.53 bits per heavy atom. The van der Waals surface area contributed by atoms with E-state index >= 15 is 0 Å². The first-order valence-electron chi connectivity index (χ1n) is 3.95. The predicted molar refractivity (Wildman–Crippen MR) is 48.9 cm³/mol. The lowest BCUT2D eigenvalue weighted by Crippen LogP contribution is -2.15. The van der Waals surface area contributed by atoms with Crippen LogP contribution < -0.4 is 0 Å². The van der Waals surface area contributed by atoms with Crippen molar-refractivity contribution in [1.29, 1.82) is 5.26 Å². The molecule has 0 N–H and O–H groups in total. The summed E-state index contributed by atoms with van der Waals surface area (Å²) in [6.45, 7) is 0. The van der Waals surface area contributed by atoms with Gasteiger partial charge in [0.2, 0.25) is 0 Å². The van der Waals surface area contributed by atoms with Crippen LogP contribution in [0.1, 0.15) is 16.7 Å². The van der Waals surface area contributed by atoms with Gasteiger partial charge in [0.25, 0.3) is 0 Å². The highest BCUT2D eigenvalue weighted by atomic mass is 79.9. The van der Waals surface area contributed by atoms with Gasteiger partial charge in [-0.3, -0.25) is 0 Å². The molecule has 17 heavy (non-hydrogen) atoms. The summed E-state index contributed by atoms with van der Waals surface area (Å²) in [7, 11) is 0. The lowest BCUT2D eigenvalue weighted by Gasteiger charge is -2.15. The molecule has 0 saturated carbocycles. The average molecular weight is 318 g/mol. The minimum absolute atomic E-state index is 0.392. The minimum atomic E-state index is -5.02. The third-order valence-electron chi connectivity index (χ3n) is 1.83. The first-order valence-corrected chi connectivity index (χ1v) is 4.74. The van der Waals surface area contributed by atoms with Crippen LogP contribution in [0.25, 0.3) is 0 Å². The number of benzene rings is 1. The van der Waals surface area contributed by atoms with E-state index in [0.717, 1.165) is 6.07 Å². The summed E-state index contributed by atoms with van der Waals surface area (Å²) in [4.78, 5) is 0. The summed E-state index contributed by atoms with van der Waals surface area (Å²) in [5, 5.41) is 8.45. The molecule has 1 aromatic carbocycles. The Bertz CT molecular complexity index is 447. The van der Waals surface area contributed by atoms with E-state index in [1.165, 1.54) is 0 Å². The molecule has 0 atom stereocenters. The molecule has 0 aliphatic carbocycles. The molecular weight excluding hydrogens is 316 g/mol. The fraction of sp³-hybridized carbons (Fsp3) is 0.222. The molecule has 0 heterocycles. The normalized spacial score (nSPS) is 12.4. The van der Waals surface area contributed by atoms with Gasteiger partial charge in [-0.15, -0.1) is 0 Å². The summed E-state index contributed by atoms with van der Waals surface area (Å²) in [5.74, 6) is 0. The molecule has 0 aliphatic rings. The Hall–Kier alpha value is -1.23. The van der Waals surface area contributed by atoms with Gasteiger partial charge < -0.3 is 0 Å². The van der Waals surface area contributed by atoms with E-state index in [1.54, 1.807) is 0 Å². The van der Waals surface area contributed by atoms with Crippen molar-refractivity contribution in [3.63, 3.8) is 0 Å². The van der Waals surface area contributed by atoms with Crippen LogP contribution in [0.5, 0.6) is 0 Å². The Kier molecular flexibility index (Phi) is 3.43. The number of rotatable bonds is 0. The van der Waals surface area contributed by atoms with Crippen molar-refractivity contribution in [2.45, 2.75) is 12.4 Å². The molecule has 0 aromatic heterocycles. The quantitative estimate of drug-likeness (QED) is 0.652.